The molecule has 1 aromatic rings. The molecule has 108 valence electrons. The van der Waals surface area contributed by atoms with E-state index in [1.807, 2.05) is 0 Å². The van der Waals surface area contributed by atoms with E-state index in [1.54, 1.807) is 4.90 Å². The summed E-state index contributed by atoms with van der Waals surface area (Å²) < 4.78 is 0. The third kappa shape index (κ3) is 2.32. The lowest BCUT2D eigenvalue weighted by Crippen LogP contribution is -2.63. The lowest BCUT2D eigenvalue weighted by molar-refractivity contribution is 0.0223. The number of amides is 1. The monoisotopic (exact) mass is 277 g/mol. The Bertz CT molecular complexity index is 488. The number of phenols is 2. The highest BCUT2D eigenvalue weighted by molar-refractivity contribution is 5.99. The number of piperazine rings is 1. The van der Waals surface area contributed by atoms with Gasteiger partial charge in [0.15, 0.2) is 0 Å². The van der Waals surface area contributed by atoms with E-state index in [2.05, 4.69) is 10.2 Å². The van der Waals surface area contributed by atoms with Crippen LogP contribution in [0.4, 0.5) is 0 Å². The van der Waals surface area contributed by atoms with Crippen LogP contribution in [0.3, 0.4) is 0 Å². The number of hydrogen-bond acceptors (Lipinski definition) is 5. The second-order valence-electron chi connectivity index (χ2n) is 5.32. The van der Waals surface area contributed by atoms with Gasteiger partial charge in [-0.3, -0.25) is 9.69 Å². The summed E-state index contributed by atoms with van der Waals surface area (Å²) in [5.74, 6) is -0.631. The molecule has 2 heterocycles. The van der Waals surface area contributed by atoms with Gasteiger partial charge in [-0.25, -0.2) is 0 Å². The molecule has 0 atom stereocenters. The van der Waals surface area contributed by atoms with Crippen LogP contribution in [0.25, 0.3) is 0 Å². The molecule has 3 rings (SSSR count). The molecule has 0 aliphatic carbocycles. The van der Waals surface area contributed by atoms with Crippen molar-refractivity contribution in [1.29, 1.82) is 0 Å². The molecule has 2 aliphatic rings. The summed E-state index contributed by atoms with van der Waals surface area (Å²) >= 11 is 0. The lowest BCUT2D eigenvalue weighted by atomic mass is 10.0. The van der Waals surface area contributed by atoms with Crippen molar-refractivity contribution in [2.75, 3.05) is 39.3 Å². The maximum Gasteiger partial charge on any atom is 0.261 e. The summed E-state index contributed by atoms with van der Waals surface area (Å²) in [5.41, 5.74) is 0.00580. The number of likely N-dealkylation sites (tertiary alicyclic amines) is 1. The first-order chi connectivity index (χ1) is 9.66. The van der Waals surface area contributed by atoms with E-state index in [-0.39, 0.29) is 23.0 Å². The van der Waals surface area contributed by atoms with Gasteiger partial charge < -0.3 is 20.4 Å². The fourth-order valence-electron chi connectivity index (χ4n) is 2.80. The standard InChI is InChI=1S/C14H19N3O3/c18-11-2-1-3-12(19)13(11)14(20)17-8-10(9-17)16-6-4-15-5-7-16/h1-3,10,15,18-19H,4-9H2. The lowest BCUT2D eigenvalue weighted by Gasteiger charge is -2.46. The molecule has 2 fully saturated rings. The highest BCUT2D eigenvalue weighted by atomic mass is 16.3. The molecule has 6 heteroatoms. The van der Waals surface area contributed by atoms with E-state index in [0.717, 1.165) is 26.2 Å². The van der Waals surface area contributed by atoms with Crippen LogP contribution < -0.4 is 5.32 Å². The van der Waals surface area contributed by atoms with E-state index >= 15 is 0 Å². The van der Waals surface area contributed by atoms with Gasteiger partial charge in [0.05, 0.1) is 0 Å². The summed E-state index contributed by atoms with van der Waals surface area (Å²) in [6.07, 6.45) is 0. The minimum absolute atomic E-state index is 0.00580. The zero-order valence-electron chi connectivity index (χ0n) is 11.2. The number of carbonyl (C=O) groups is 1. The van der Waals surface area contributed by atoms with Gasteiger partial charge in [0.25, 0.3) is 5.91 Å². The Balaban J connectivity index is 1.63. The fraction of sp³-hybridized carbons (Fsp3) is 0.500. The van der Waals surface area contributed by atoms with Gasteiger partial charge in [0.2, 0.25) is 0 Å². The SMILES string of the molecule is O=C(c1c(O)cccc1O)N1CC(N2CCNCC2)C1. The molecule has 1 amide bonds. The summed E-state index contributed by atoms with van der Waals surface area (Å²) in [7, 11) is 0. The number of nitrogens with one attached hydrogen (secondary N) is 1. The van der Waals surface area contributed by atoms with Crippen molar-refractivity contribution in [3.8, 4) is 11.5 Å². The predicted molar refractivity (Wildman–Crippen MR) is 73.9 cm³/mol. The highest BCUT2D eigenvalue weighted by Crippen LogP contribution is 2.29. The molecule has 6 nitrogen and oxygen atoms in total. The topological polar surface area (TPSA) is 76.0 Å². The third-order valence-electron chi connectivity index (χ3n) is 4.05. The van der Waals surface area contributed by atoms with Gasteiger partial charge >= 0.3 is 0 Å². The first-order valence-electron chi connectivity index (χ1n) is 6.92. The first kappa shape index (κ1) is 13.2. The Hall–Kier alpha value is -1.79. The highest BCUT2D eigenvalue weighted by Gasteiger charge is 2.36. The molecular formula is C14H19N3O3. The Morgan fingerprint density at radius 2 is 1.75 bits per heavy atom. The molecule has 20 heavy (non-hydrogen) atoms. The van der Waals surface area contributed by atoms with Crippen LogP contribution in [-0.2, 0) is 0 Å². The molecule has 0 spiro atoms. The normalized spacial score (nSPS) is 20.7. The maximum absolute atomic E-state index is 12.3. The Morgan fingerprint density at radius 1 is 1.15 bits per heavy atom. The smallest absolute Gasteiger partial charge is 0.261 e. The number of aromatic hydroxyl groups is 2. The van der Waals surface area contributed by atoms with Crippen LogP contribution >= 0.6 is 0 Å². The second-order valence-corrected chi connectivity index (χ2v) is 5.32. The van der Waals surface area contributed by atoms with Crippen molar-refractivity contribution in [3.05, 3.63) is 23.8 Å². The van der Waals surface area contributed by atoms with E-state index < -0.39 is 0 Å². The van der Waals surface area contributed by atoms with Gasteiger partial charge in [-0.05, 0) is 12.1 Å². The number of carbonyl (C=O) groups excluding carboxylic acids is 1. The van der Waals surface area contributed by atoms with E-state index in [0.29, 0.717) is 19.1 Å². The van der Waals surface area contributed by atoms with E-state index in [9.17, 15) is 15.0 Å². The number of phenolic OH excluding ortho intramolecular Hbond substituents is 2. The third-order valence-corrected chi connectivity index (χ3v) is 4.05. The van der Waals surface area contributed by atoms with Crippen LogP contribution in [0.15, 0.2) is 18.2 Å². The zero-order chi connectivity index (χ0) is 14.1. The molecule has 2 saturated heterocycles. The number of nitrogens with zero attached hydrogens (tertiary/aromatic N) is 2. The van der Waals surface area contributed by atoms with Gasteiger partial charge in [0, 0.05) is 45.3 Å². The summed E-state index contributed by atoms with van der Waals surface area (Å²) in [6.45, 7) is 5.32. The molecule has 0 saturated carbocycles. The van der Waals surface area contributed by atoms with Crippen molar-refractivity contribution >= 4 is 5.91 Å². The van der Waals surface area contributed by atoms with Crippen molar-refractivity contribution in [2.24, 2.45) is 0 Å². The molecule has 1 aromatic carbocycles. The van der Waals surface area contributed by atoms with Crippen molar-refractivity contribution in [1.82, 2.24) is 15.1 Å². The molecule has 0 aromatic heterocycles. The average molecular weight is 277 g/mol. The van der Waals surface area contributed by atoms with Crippen molar-refractivity contribution < 1.29 is 15.0 Å². The van der Waals surface area contributed by atoms with Crippen LogP contribution in [-0.4, -0.2) is 71.2 Å². The largest absolute Gasteiger partial charge is 0.507 e. The molecule has 0 unspecified atom stereocenters. The number of rotatable bonds is 2. The van der Waals surface area contributed by atoms with Gasteiger partial charge in [0.1, 0.15) is 17.1 Å². The predicted octanol–water partition coefficient (Wildman–Crippen LogP) is -0.173. The quantitative estimate of drug-likeness (QED) is 0.699. The second kappa shape index (κ2) is 5.30. The zero-order valence-corrected chi connectivity index (χ0v) is 11.2. The minimum atomic E-state index is -0.299. The van der Waals surface area contributed by atoms with Crippen molar-refractivity contribution in [3.63, 3.8) is 0 Å². The number of benzene rings is 1. The summed E-state index contributed by atoms with van der Waals surface area (Å²) in [5, 5.41) is 22.7. The Labute approximate surface area is 117 Å². The van der Waals surface area contributed by atoms with E-state index in [1.165, 1.54) is 18.2 Å². The number of hydrogen-bond donors (Lipinski definition) is 3. The van der Waals surface area contributed by atoms with Gasteiger partial charge in [-0.2, -0.15) is 0 Å². The van der Waals surface area contributed by atoms with Gasteiger partial charge in [-0.15, -0.1) is 0 Å². The molecule has 0 radical (unpaired) electrons. The van der Waals surface area contributed by atoms with Crippen LogP contribution in [0.1, 0.15) is 10.4 Å². The first-order valence-corrected chi connectivity index (χ1v) is 6.92. The molecule has 0 bridgehead atoms. The maximum atomic E-state index is 12.3. The summed E-state index contributed by atoms with van der Waals surface area (Å²) in [4.78, 5) is 16.3. The van der Waals surface area contributed by atoms with Crippen LogP contribution in [0.5, 0.6) is 11.5 Å². The van der Waals surface area contributed by atoms with Gasteiger partial charge in [-0.1, -0.05) is 6.07 Å². The van der Waals surface area contributed by atoms with Crippen LogP contribution in [0.2, 0.25) is 0 Å². The van der Waals surface area contributed by atoms with Crippen molar-refractivity contribution in [2.45, 2.75) is 6.04 Å². The Kier molecular flexibility index (Phi) is 3.50. The van der Waals surface area contributed by atoms with E-state index in [4.69, 9.17) is 0 Å². The molecule has 2 aliphatic heterocycles. The molecule has 3 N–H and O–H groups in total. The Morgan fingerprint density at radius 3 is 2.35 bits per heavy atom. The molecular weight excluding hydrogens is 258 g/mol. The average Bonchev–Trinajstić information content (AvgIpc) is 2.38. The summed E-state index contributed by atoms with van der Waals surface area (Å²) in [6, 6.07) is 4.75. The fourth-order valence-corrected chi connectivity index (χ4v) is 2.80. The van der Waals surface area contributed by atoms with Crippen LogP contribution in [0, 0.1) is 0 Å². The minimum Gasteiger partial charge on any atom is -0.507 e.